The van der Waals surface area contributed by atoms with Gasteiger partial charge in [-0.3, -0.25) is 4.55 Å². The number of hydrogen-bond acceptors (Lipinski definition) is 5. The van der Waals surface area contributed by atoms with Crippen LogP contribution < -0.4 is 0 Å². The summed E-state index contributed by atoms with van der Waals surface area (Å²) in [5.41, 5.74) is 1.01. The molecule has 2 atom stereocenters. The van der Waals surface area contributed by atoms with Gasteiger partial charge in [0.05, 0.1) is 13.2 Å². The summed E-state index contributed by atoms with van der Waals surface area (Å²) in [5.74, 6) is -0.661. The van der Waals surface area contributed by atoms with Crippen molar-refractivity contribution in [3.8, 4) is 0 Å². The van der Waals surface area contributed by atoms with Gasteiger partial charge in [-0.05, 0) is 11.1 Å². The third-order valence-electron chi connectivity index (χ3n) is 3.72. The molecule has 9 heteroatoms. The molecule has 2 amide bonds. The quantitative estimate of drug-likeness (QED) is 0.630. The standard InChI is InChI=1S/C12H12N2O6S/c1-20-11(15)10-8-5-3-2-4-7(8)9-6-13(10)12(16)14(9)21(17,18)19/h2-5,9-10H,6H2,1H3,(H,17,18,19). The van der Waals surface area contributed by atoms with E-state index in [0.29, 0.717) is 15.4 Å². The highest BCUT2D eigenvalue weighted by Gasteiger charge is 2.54. The number of nitrogens with zero attached hydrogens (tertiary/aromatic N) is 2. The number of ether oxygens (including phenoxy) is 1. The summed E-state index contributed by atoms with van der Waals surface area (Å²) in [5, 5.41) is 0. The van der Waals surface area contributed by atoms with Crippen molar-refractivity contribution in [1.82, 2.24) is 9.21 Å². The molecule has 1 aromatic rings. The molecule has 1 saturated heterocycles. The van der Waals surface area contributed by atoms with Crippen LogP contribution in [-0.2, 0) is 19.8 Å². The van der Waals surface area contributed by atoms with E-state index in [9.17, 15) is 22.6 Å². The molecule has 2 bridgehead atoms. The largest absolute Gasteiger partial charge is 0.467 e. The molecule has 0 saturated carbocycles. The Labute approximate surface area is 120 Å². The van der Waals surface area contributed by atoms with Gasteiger partial charge in [0, 0.05) is 6.54 Å². The van der Waals surface area contributed by atoms with Gasteiger partial charge in [-0.2, -0.15) is 12.7 Å². The lowest BCUT2D eigenvalue weighted by molar-refractivity contribution is -0.146. The minimum atomic E-state index is -4.71. The number of hydrogen-bond donors (Lipinski definition) is 1. The number of benzene rings is 1. The first-order valence-electron chi connectivity index (χ1n) is 6.10. The van der Waals surface area contributed by atoms with Crippen LogP contribution in [0.2, 0.25) is 0 Å². The highest BCUT2D eigenvalue weighted by molar-refractivity contribution is 7.84. The second kappa shape index (κ2) is 4.43. The molecule has 2 heterocycles. The Morgan fingerprint density at radius 1 is 1.33 bits per heavy atom. The van der Waals surface area contributed by atoms with E-state index >= 15 is 0 Å². The predicted octanol–water partition coefficient (Wildman–Crippen LogP) is 0.496. The van der Waals surface area contributed by atoms with Gasteiger partial charge >= 0.3 is 22.3 Å². The van der Waals surface area contributed by atoms with Crippen LogP contribution in [-0.4, -0.2) is 47.8 Å². The molecule has 0 radical (unpaired) electrons. The number of urea groups is 1. The molecule has 1 N–H and O–H groups in total. The first-order valence-corrected chi connectivity index (χ1v) is 7.50. The number of carbonyl (C=O) groups is 2. The molecule has 8 nitrogen and oxygen atoms in total. The minimum Gasteiger partial charge on any atom is -0.467 e. The molecule has 2 unspecified atom stereocenters. The van der Waals surface area contributed by atoms with Crippen molar-refractivity contribution in [2.24, 2.45) is 0 Å². The highest BCUT2D eigenvalue weighted by Crippen LogP contribution is 2.44. The van der Waals surface area contributed by atoms with E-state index in [1.54, 1.807) is 24.3 Å². The Bertz CT molecular complexity index is 731. The molecule has 1 fully saturated rings. The topological polar surface area (TPSA) is 104 Å². The average Bonchev–Trinajstić information content (AvgIpc) is 2.73. The first-order chi connectivity index (χ1) is 9.86. The van der Waals surface area contributed by atoms with Gasteiger partial charge in [0.1, 0.15) is 0 Å². The third-order valence-corrected chi connectivity index (χ3v) is 4.63. The van der Waals surface area contributed by atoms with Gasteiger partial charge in [-0.25, -0.2) is 9.59 Å². The Morgan fingerprint density at radius 2 is 1.95 bits per heavy atom. The Morgan fingerprint density at radius 3 is 2.52 bits per heavy atom. The van der Waals surface area contributed by atoms with E-state index in [1.165, 1.54) is 7.11 Å². The molecular formula is C12H12N2O6S. The zero-order chi connectivity index (χ0) is 15.4. The number of fused-ring (bicyclic) bond motifs is 4. The highest BCUT2D eigenvalue weighted by atomic mass is 32.2. The van der Waals surface area contributed by atoms with Crippen molar-refractivity contribution in [3.05, 3.63) is 35.4 Å². The van der Waals surface area contributed by atoms with E-state index in [0.717, 1.165) is 4.90 Å². The van der Waals surface area contributed by atoms with Crippen molar-refractivity contribution in [2.75, 3.05) is 13.7 Å². The number of esters is 1. The maximum Gasteiger partial charge on any atom is 0.364 e. The van der Waals surface area contributed by atoms with E-state index in [-0.39, 0.29) is 6.54 Å². The second-order valence-electron chi connectivity index (χ2n) is 4.78. The summed E-state index contributed by atoms with van der Waals surface area (Å²) >= 11 is 0. The SMILES string of the molecule is COC(=O)C1c2ccccc2C2CN1C(=O)N2S(=O)(=O)O. The van der Waals surface area contributed by atoms with E-state index < -0.39 is 34.4 Å². The van der Waals surface area contributed by atoms with Gasteiger partial charge in [0.15, 0.2) is 6.04 Å². The molecule has 0 aromatic heterocycles. The lowest BCUT2D eigenvalue weighted by atomic mass is 9.91. The van der Waals surface area contributed by atoms with Crippen molar-refractivity contribution < 1.29 is 27.3 Å². The number of rotatable bonds is 2. The molecule has 0 aliphatic carbocycles. The fourth-order valence-corrected chi connectivity index (χ4v) is 3.70. The lowest BCUT2D eigenvalue weighted by Crippen LogP contribution is -2.39. The van der Waals surface area contributed by atoms with Crippen molar-refractivity contribution in [3.63, 3.8) is 0 Å². The summed E-state index contributed by atoms with van der Waals surface area (Å²) in [6.45, 7) is -0.00456. The van der Waals surface area contributed by atoms with Crippen LogP contribution in [0.5, 0.6) is 0 Å². The smallest absolute Gasteiger partial charge is 0.364 e. The van der Waals surface area contributed by atoms with Gasteiger partial charge in [-0.1, -0.05) is 24.3 Å². The summed E-state index contributed by atoms with van der Waals surface area (Å²) in [4.78, 5) is 25.3. The summed E-state index contributed by atoms with van der Waals surface area (Å²) in [6.07, 6.45) is 0. The van der Waals surface area contributed by atoms with Gasteiger partial charge in [0.25, 0.3) is 0 Å². The summed E-state index contributed by atoms with van der Waals surface area (Å²) in [6, 6.07) is 3.83. The normalized spacial score (nSPS) is 24.0. The minimum absolute atomic E-state index is 0.00456. The maximum absolute atomic E-state index is 12.2. The second-order valence-corrected chi connectivity index (χ2v) is 6.07. The maximum atomic E-state index is 12.2. The zero-order valence-electron chi connectivity index (χ0n) is 11.0. The average molecular weight is 312 g/mol. The Kier molecular flexibility index (Phi) is 2.92. The van der Waals surface area contributed by atoms with Gasteiger partial charge in [-0.15, -0.1) is 0 Å². The molecule has 112 valence electrons. The van der Waals surface area contributed by atoms with Crippen LogP contribution >= 0.6 is 0 Å². The molecule has 21 heavy (non-hydrogen) atoms. The number of carbonyl (C=O) groups excluding carboxylic acids is 2. The predicted molar refractivity (Wildman–Crippen MR) is 69.4 cm³/mol. The lowest BCUT2D eigenvalue weighted by Gasteiger charge is -2.30. The first kappa shape index (κ1) is 13.8. The van der Waals surface area contributed by atoms with Crippen LogP contribution in [0, 0.1) is 0 Å². The van der Waals surface area contributed by atoms with Gasteiger partial charge < -0.3 is 9.64 Å². The van der Waals surface area contributed by atoms with E-state index in [1.807, 2.05) is 0 Å². The van der Waals surface area contributed by atoms with Gasteiger partial charge in [0.2, 0.25) is 0 Å². The van der Waals surface area contributed by atoms with Crippen LogP contribution in [0.25, 0.3) is 0 Å². The number of methoxy groups -OCH3 is 1. The molecule has 0 spiro atoms. The fraction of sp³-hybridized carbons (Fsp3) is 0.333. The Balaban J connectivity index is 2.21. The molecule has 1 aromatic carbocycles. The Hall–Kier alpha value is -2.13. The summed E-state index contributed by atoms with van der Waals surface area (Å²) < 4.78 is 37.3. The molecule has 2 aliphatic heterocycles. The number of amides is 2. The zero-order valence-corrected chi connectivity index (χ0v) is 11.8. The van der Waals surface area contributed by atoms with Crippen molar-refractivity contribution in [2.45, 2.75) is 12.1 Å². The van der Waals surface area contributed by atoms with E-state index in [2.05, 4.69) is 0 Å². The van der Waals surface area contributed by atoms with Crippen LogP contribution in [0.15, 0.2) is 24.3 Å². The van der Waals surface area contributed by atoms with Crippen molar-refractivity contribution in [1.29, 1.82) is 0 Å². The third kappa shape index (κ3) is 1.88. The van der Waals surface area contributed by atoms with Crippen LogP contribution in [0.1, 0.15) is 23.2 Å². The fourth-order valence-electron chi connectivity index (χ4n) is 2.90. The monoisotopic (exact) mass is 312 g/mol. The molecular weight excluding hydrogens is 300 g/mol. The molecule has 2 aliphatic rings. The van der Waals surface area contributed by atoms with Crippen LogP contribution in [0.4, 0.5) is 4.79 Å². The van der Waals surface area contributed by atoms with Crippen LogP contribution in [0.3, 0.4) is 0 Å². The summed E-state index contributed by atoms with van der Waals surface area (Å²) in [7, 11) is -3.52. The van der Waals surface area contributed by atoms with Crippen molar-refractivity contribution >= 4 is 22.3 Å². The molecule has 3 rings (SSSR count). The van der Waals surface area contributed by atoms with E-state index in [4.69, 9.17) is 4.74 Å².